The van der Waals surface area contributed by atoms with Crippen LogP contribution in [0.3, 0.4) is 0 Å². The van der Waals surface area contributed by atoms with Gasteiger partial charge in [-0.3, -0.25) is 0 Å². The van der Waals surface area contributed by atoms with Crippen LogP contribution < -0.4 is 5.73 Å². The molecular formula is C15H13ClF3N. The van der Waals surface area contributed by atoms with Gasteiger partial charge in [0.2, 0.25) is 0 Å². The van der Waals surface area contributed by atoms with Gasteiger partial charge >= 0.3 is 0 Å². The first kappa shape index (κ1) is 14.9. The van der Waals surface area contributed by atoms with E-state index >= 15 is 0 Å². The van der Waals surface area contributed by atoms with Gasteiger partial charge in [0, 0.05) is 22.7 Å². The van der Waals surface area contributed by atoms with E-state index in [9.17, 15) is 13.2 Å². The zero-order valence-electron chi connectivity index (χ0n) is 11.0. The quantitative estimate of drug-likeness (QED) is 0.872. The van der Waals surface area contributed by atoms with Crippen molar-refractivity contribution in [3.05, 3.63) is 69.0 Å². The predicted molar refractivity (Wildman–Crippen MR) is 73.3 cm³/mol. The number of hydrogen-bond donors (Lipinski definition) is 1. The van der Waals surface area contributed by atoms with Crippen molar-refractivity contribution in [1.29, 1.82) is 0 Å². The topological polar surface area (TPSA) is 26.0 Å². The predicted octanol–water partition coefficient (Wildman–Crippen LogP) is 4.42. The molecule has 0 saturated heterocycles. The van der Waals surface area contributed by atoms with Crippen molar-refractivity contribution in [3.8, 4) is 0 Å². The van der Waals surface area contributed by atoms with E-state index in [1.54, 1.807) is 12.1 Å². The Bertz CT molecular complexity index is 647. The summed E-state index contributed by atoms with van der Waals surface area (Å²) in [5.74, 6) is -3.03. The van der Waals surface area contributed by atoms with Crippen LogP contribution in [0, 0.1) is 31.3 Å². The fourth-order valence-corrected chi connectivity index (χ4v) is 2.38. The lowest BCUT2D eigenvalue weighted by Crippen LogP contribution is -2.17. The van der Waals surface area contributed by atoms with Gasteiger partial charge in [0.1, 0.15) is 17.5 Å². The van der Waals surface area contributed by atoms with Crippen LogP contribution >= 0.6 is 11.6 Å². The van der Waals surface area contributed by atoms with E-state index in [0.29, 0.717) is 22.7 Å². The maximum Gasteiger partial charge on any atom is 0.134 e. The van der Waals surface area contributed by atoms with Crippen molar-refractivity contribution in [2.45, 2.75) is 19.9 Å². The second-order valence-electron chi connectivity index (χ2n) is 4.72. The Kier molecular flexibility index (Phi) is 4.06. The van der Waals surface area contributed by atoms with E-state index < -0.39 is 29.1 Å². The molecule has 0 aliphatic heterocycles. The third-order valence-corrected chi connectivity index (χ3v) is 3.63. The van der Waals surface area contributed by atoms with Gasteiger partial charge in [-0.1, -0.05) is 17.7 Å². The molecule has 2 N–H and O–H groups in total. The Morgan fingerprint density at radius 2 is 1.45 bits per heavy atom. The molecule has 0 bridgehead atoms. The summed E-state index contributed by atoms with van der Waals surface area (Å²) >= 11 is 6.08. The van der Waals surface area contributed by atoms with Gasteiger partial charge in [0.15, 0.2) is 0 Å². The van der Waals surface area contributed by atoms with Crippen LogP contribution in [0.4, 0.5) is 13.2 Å². The highest BCUT2D eigenvalue weighted by atomic mass is 35.5. The summed E-state index contributed by atoms with van der Waals surface area (Å²) in [5, 5.41) is 0.323. The van der Waals surface area contributed by atoms with E-state index in [4.69, 9.17) is 17.3 Å². The van der Waals surface area contributed by atoms with Crippen LogP contribution in [0.15, 0.2) is 24.3 Å². The molecule has 2 aromatic carbocycles. The molecule has 106 valence electrons. The monoisotopic (exact) mass is 299 g/mol. The third kappa shape index (κ3) is 2.67. The molecule has 1 atom stereocenters. The molecule has 0 radical (unpaired) electrons. The SMILES string of the molecule is Cc1cc(Cl)c(C(N)c2c(F)cc(F)cc2F)cc1C. The molecule has 0 aromatic heterocycles. The minimum Gasteiger partial charge on any atom is -0.320 e. The van der Waals surface area contributed by atoms with Crippen LogP contribution in [0.25, 0.3) is 0 Å². The van der Waals surface area contributed by atoms with Crippen molar-refractivity contribution in [2.75, 3.05) is 0 Å². The number of nitrogens with two attached hydrogens (primary N) is 1. The molecule has 1 unspecified atom stereocenters. The summed E-state index contributed by atoms with van der Waals surface area (Å²) in [6.07, 6.45) is 0. The number of benzene rings is 2. The van der Waals surface area contributed by atoms with Crippen molar-refractivity contribution < 1.29 is 13.2 Å². The van der Waals surface area contributed by atoms with Crippen molar-refractivity contribution >= 4 is 11.6 Å². The second-order valence-corrected chi connectivity index (χ2v) is 5.13. The van der Waals surface area contributed by atoms with E-state index in [2.05, 4.69) is 0 Å². The highest BCUT2D eigenvalue weighted by Gasteiger charge is 2.22. The standard InChI is InChI=1S/C15H13ClF3N/c1-7-3-10(11(16)4-8(7)2)15(20)14-12(18)5-9(17)6-13(14)19/h3-6,15H,20H2,1-2H3. The van der Waals surface area contributed by atoms with E-state index in [0.717, 1.165) is 11.1 Å². The maximum atomic E-state index is 13.8. The fraction of sp³-hybridized carbons (Fsp3) is 0.200. The van der Waals surface area contributed by atoms with Crippen LogP contribution in [0.1, 0.15) is 28.3 Å². The molecule has 0 aliphatic carbocycles. The molecule has 20 heavy (non-hydrogen) atoms. The lowest BCUT2D eigenvalue weighted by atomic mass is 9.95. The normalized spacial score (nSPS) is 12.6. The van der Waals surface area contributed by atoms with Gasteiger partial charge in [0.25, 0.3) is 0 Å². The smallest absolute Gasteiger partial charge is 0.134 e. The van der Waals surface area contributed by atoms with Crippen LogP contribution in [-0.2, 0) is 0 Å². The molecule has 0 saturated carbocycles. The lowest BCUT2D eigenvalue weighted by molar-refractivity contribution is 0.515. The fourth-order valence-electron chi connectivity index (χ4n) is 2.05. The second kappa shape index (κ2) is 5.46. The van der Waals surface area contributed by atoms with E-state index in [-0.39, 0.29) is 0 Å². The third-order valence-electron chi connectivity index (χ3n) is 3.30. The molecule has 0 aliphatic rings. The minimum atomic E-state index is -1.10. The summed E-state index contributed by atoms with van der Waals surface area (Å²) < 4.78 is 40.4. The molecule has 0 fully saturated rings. The molecule has 5 heteroatoms. The van der Waals surface area contributed by atoms with E-state index in [1.807, 2.05) is 13.8 Å². The largest absolute Gasteiger partial charge is 0.320 e. The van der Waals surface area contributed by atoms with Gasteiger partial charge in [-0.15, -0.1) is 0 Å². The molecule has 2 aromatic rings. The van der Waals surface area contributed by atoms with Crippen LogP contribution in [-0.4, -0.2) is 0 Å². The summed E-state index contributed by atoms with van der Waals surface area (Å²) in [7, 11) is 0. The summed E-state index contributed by atoms with van der Waals surface area (Å²) in [4.78, 5) is 0. The lowest BCUT2D eigenvalue weighted by Gasteiger charge is -2.17. The Balaban J connectivity index is 2.57. The summed E-state index contributed by atoms with van der Waals surface area (Å²) in [5.41, 5.74) is 7.77. The Hall–Kier alpha value is -1.52. The van der Waals surface area contributed by atoms with Gasteiger partial charge in [0.05, 0.1) is 6.04 Å². The number of rotatable bonds is 2. The van der Waals surface area contributed by atoms with Crippen LogP contribution in [0.5, 0.6) is 0 Å². The highest BCUT2D eigenvalue weighted by Crippen LogP contribution is 2.31. The Morgan fingerprint density at radius 3 is 2.00 bits per heavy atom. The first-order valence-electron chi connectivity index (χ1n) is 5.98. The zero-order chi connectivity index (χ0) is 15.0. The Morgan fingerprint density at radius 1 is 0.950 bits per heavy atom. The molecular weight excluding hydrogens is 287 g/mol. The number of aryl methyl sites for hydroxylation is 2. The van der Waals surface area contributed by atoms with Crippen LogP contribution in [0.2, 0.25) is 5.02 Å². The summed E-state index contributed by atoms with van der Waals surface area (Å²) in [6.45, 7) is 3.72. The minimum absolute atomic E-state index is 0.323. The molecule has 0 amide bonds. The first-order chi connectivity index (χ1) is 9.31. The average Bonchev–Trinajstić information content (AvgIpc) is 2.32. The van der Waals surface area contributed by atoms with Crippen molar-refractivity contribution in [1.82, 2.24) is 0 Å². The molecule has 0 spiro atoms. The molecule has 0 heterocycles. The van der Waals surface area contributed by atoms with Crippen molar-refractivity contribution in [2.24, 2.45) is 5.73 Å². The van der Waals surface area contributed by atoms with E-state index in [1.165, 1.54) is 0 Å². The maximum absolute atomic E-state index is 13.8. The number of hydrogen-bond acceptors (Lipinski definition) is 1. The van der Waals surface area contributed by atoms with Crippen molar-refractivity contribution in [3.63, 3.8) is 0 Å². The molecule has 2 rings (SSSR count). The number of halogens is 4. The highest BCUT2D eigenvalue weighted by molar-refractivity contribution is 6.31. The average molecular weight is 300 g/mol. The molecule has 1 nitrogen and oxygen atoms in total. The van der Waals surface area contributed by atoms with Gasteiger partial charge in [-0.2, -0.15) is 0 Å². The van der Waals surface area contributed by atoms with Gasteiger partial charge in [-0.25, -0.2) is 13.2 Å². The van der Waals surface area contributed by atoms with Gasteiger partial charge < -0.3 is 5.73 Å². The summed E-state index contributed by atoms with van der Waals surface area (Å²) in [6, 6.07) is 3.48. The zero-order valence-corrected chi connectivity index (χ0v) is 11.7. The Labute approximate surface area is 120 Å². The van der Waals surface area contributed by atoms with Gasteiger partial charge in [-0.05, 0) is 36.6 Å². The first-order valence-corrected chi connectivity index (χ1v) is 6.35.